The number of benzene rings is 8. The fourth-order valence-corrected chi connectivity index (χ4v) is 29.5. The second-order valence-corrected chi connectivity index (χ2v) is 25.0. The molecule has 0 N–H and O–H groups in total. The molecule has 1 heterocycles. The summed E-state index contributed by atoms with van der Waals surface area (Å²) in [5.41, 5.74) is 10.5. The maximum Gasteiger partial charge on any atom is 0.155 e. The summed E-state index contributed by atoms with van der Waals surface area (Å²) in [5.74, 6) is 0. The number of hydrogen-bond donors (Lipinski definition) is 0. The van der Waals surface area contributed by atoms with Gasteiger partial charge in [0.05, 0.1) is 0 Å². The van der Waals surface area contributed by atoms with E-state index in [2.05, 4.69) is 220 Å². The van der Waals surface area contributed by atoms with Gasteiger partial charge in [-0.05, 0) is 80.9 Å². The Morgan fingerprint density at radius 2 is 0.519 bits per heavy atom. The van der Waals surface area contributed by atoms with Gasteiger partial charge in [-0.1, -0.05) is 215 Å². The lowest BCUT2D eigenvalue weighted by molar-refractivity contribution is 1.44. The fraction of sp³-hybridized carbons (Fsp3) is 0.0400. The first-order valence-corrected chi connectivity index (χ1v) is 23.3. The summed E-state index contributed by atoms with van der Waals surface area (Å²) in [6.07, 6.45) is 0. The van der Waals surface area contributed by atoms with Crippen LogP contribution in [0.1, 0.15) is 11.1 Å². The van der Waals surface area contributed by atoms with Crippen LogP contribution >= 0.6 is 0 Å². The molecule has 9 rings (SSSR count). The van der Waals surface area contributed by atoms with Crippen LogP contribution in [-0.4, -0.2) is 15.2 Å². The number of fused-ring (bicyclic) bond motifs is 3. The summed E-state index contributed by atoms with van der Waals surface area (Å²) in [6.45, 7) is 4.65. The van der Waals surface area contributed by atoms with Crippen molar-refractivity contribution in [2.75, 3.05) is 0 Å². The Morgan fingerprint density at radius 1 is 0.269 bits per heavy atom. The third-order valence-electron chi connectivity index (χ3n) is 11.4. The molecular weight excluding hydrogens is 657 g/mol. The van der Waals surface area contributed by atoms with E-state index in [4.69, 9.17) is 0 Å². The molecule has 248 valence electrons. The SMILES string of the molecule is Cc1cc2c(cc1-c1ccccc1)-c1cc(-c3ccccc3)c(C)cc1[Si](c1ccccc1)(c1ccccc1)[Si]2(c1ccccc1)c1ccccc1. The Morgan fingerprint density at radius 3 is 0.788 bits per heavy atom. The van der Waals surface area contributed by atoms with Crippen molar-refractivity contribution in [1.29, 1.82) is 0 Å². The van der Waals surface area contributed by atoms with E-state index in [0.29, 0.717) is 0 Å². The first-order chi connectivity index (χ1) is 25.6. The zero-order valence-corrected chi connectivity index (χ0v) is 31.6. The van der Waals surface area contributed by atoms with Crippen LogP contribution in [0.15, 0.2) is 206 Å². The average molecular weight is 697 g/mol. The van der Waals surface area contributed by atoms with Crippen LogP contribution in [-0.2, 0) is 0 Å². The Labute approximate surface area is 309 Å². The van der Waals surface area contributed by atoms with Crippen LogP contribution in [0.2, 0.25) is 0 Å². The van der Waals surface area contributed by atoms with E-state index in [1.165, 1.54) is 75.6 Å². The Bertz CT molecular complexity index is 2240. The summed E-state index contributed by atoms with van der Waals surface area (Å²) in [4.78, 5) is 0. The van der Waals surface area contributed by atoms with Crippen LogP contribution < -0.4 is 31.1 Å². The molecule has 0 aliphatic carbocycles. The van der Waals surface area contributed by atoms with E-state index in [0.717, 1.165) is 0 Å². The highest BCUT2D eigenvalue weighted by atomic mass is 29.3. The van der Waals surface area contributed by atoms with Gasteiger partial charge in [0.1, 0.15) is 0 Å². The molecule has 0 spiro atoms. The van der Waals surface area contributed by atoms with Crippen molar-refractivity contribution in [1.82, 2.24) is 0 Å². The molecule has 0 atom stereocenters. The highest BCUT2D eigenvalue weighted by Crippen LogP contribution is 2.39. The summed E-state index contributed by atoms with van der Waals surface area (Å²) in [6, 6.07) is 78.7. The maximum atomic E-state index is 2.61. The molecule has 1 aliphatic heterocycles. The van der Waals surface area contributed by atoms with Crippen molar-refractivity contribution in [2.45, 2.75) is 13.8 Å². The van der Waals surface area contributed by atoms with E-state index in [1.54, 1.807) is 0 Å². The van der Waals surface area contributed by atoms with Gasteiger partial charge < -0.3 is 0 Å². The monoisotopic (exact) mass is 696 g/mol. The average Bonchev–Trinajstić information content (AvgIpc) is 3.22. The van der Waals surface area contributed by atoms with E-state index >= 15 is 0 Å². The molecule has 8 aromatic carbocycles. The summed E-state index contributed by atoms with van der Waals surface area (Å²) in [7, 11) is -6.01. The third-order valence-corrected chi connectivity index (χ3v) is 28.2. The molecule has 0 unspecified atom stereocenters. The summed E-state index contributed by atoms with van der Waals surface area (Å²) < 4.78 is 0. The van der Waals surface area contributed by atoms with Gasteiger partial charge in [0.25, 0.3) is 0 Å². The minimum Gasteiger partial charge on any atom is -0.0624 e. The quantitative estimate of drug-likeness (QED) is 0.154. The predicted octanol–water partition coefficient (Wildman–Crippen LogP) is 8.34. The smallest absolute Gasteiger partial charge is 0.0624 e. The molecular formula is C50H40Si2. The molecule has 2 heteroatoms. The molecule has 0 radical (unpaired) electrons. The Hall–Kier alpha value is -5.81. The molecule has 8 aromatic rings. The number of hydrogen-bond acceptors (Lipinski definition) is 0. The van der Waals surface area contributed by atoms with Crippen LogP contribution in [0.25, 0.3) is 33.4 Å². The topological polar surface area (TPSA) is 0 Å². The summed E-state index contributed by atoms with van der Waals surface area (Å²) >= 11 is 0. The maximum absolute atomic E-state index is 3.00. The van der Waals surface area contributed by atoms with Crippen molar-refractivity contribution >= 4 is 46.3 Å². The van der Waals surface area contributed by atoms with Gasteiger partial charge in [0.2, 0.25) is 0 Å². The van der Waals surface area contributed by atoms with Gasteiger partial charge in [0, 0.05) is 0 Å². The molecule has 0 bridgehead atoms. The molecule has 0 saturated carbocycles. The lowest BCUT2D eigenvalue weighted by Crippen LogP contribution is -2.95. The lowest BCUT2D eigenvalue weighted by atomic mass is 9.91. The van der Waals surface area contributed by atoms with Crippen molar-refractivity contribution in [3.05, 3.63) is 217 Å². The number of rotatable bonds is 6. The van der Waals surface area contributed by atoms with Crippen molar-refractivity contribution < 1.29 is 0 Å². The molecule has 0 amide bonds. The fourth-order valence-electron chi connectivity index (χ4n) is 9.32. The van der Waals surface area contributed by atoms with Gasteiger partial charge in [-0.3, -0.25) is 0 Å². The normalized spacial score (nSPS) is 13.9. The highest BCUT2D eigenvalue weighted by Gasteiger charge is 2.65. The number of aryl methyl sites for hydroxylation is 2. The molecule has 52 heavy (non-hydrogen) atoms. The van der Waals surface area contributed by atoms with Crippen molar-refractivity contribution in [3.63, 3.8) is 0 Å². The molecule has 0 aromatic heterocycles. The van der Waals surface area contributed by atoms with E-state index in [9.17, 15) is 0 Å². The van der Waals surface area contributed by atoms with Crippen LogP contribution in [0.5, 0.6) is 0 Å². The van der Waals surface area contributed by atoms with Crippen LogP contribution in [0.3, 0.4) is 0 Å². The van der Waals surface area contributed by atoms with Crippen molar-refractivity contribution in [2.24, 2.45) is 0 Å². The first kappa shape index (κ1) is 32.1. The second-order valence-electron chi connectivity index (χ2n) is 14.1. The van der Waals surface area contributed by atoms with Gasteiger partial charge in [0.15, 0.2) is 15.2 Å². The summed E-state index contributed by atoms with van der Waals surface area (Å²) in [5, 5.41) is 8.87. The van der Waals surface area contributed by atoms with Gasteiger partial charge in [-0.15, -0.1) is 0 Å². The van der Waals surface area contributed by atoms with E-state index in [-0.39, 0.29) is 0 Å². The standard InChI is InChI=1S/C50H40Si2/c1-37-33-49-47(35-45(37)39-21-9-3-10-22-39)48-36-46(40-23-11-4-12-24-40)38(2)34-50(48)52(43-29-17-7-18-30-43,44-31-19-8-20-32-44)51(49,41-25-13-5-14-26-41)42-27-15-6-16-28-42/h3-36H,1-2H3. The van der Waals surface area contributed by atoms with Crippen molar-refractivity contribution in [3.8, 4) is 33.4 Å². The van der Waals surface area contributed by atoms with Crippen LogP contribution in [0, 0.1) is 13.8 Å². The molecule has 0 saturated heterocycles. The minimum absolute atomic E-state index is 1.26. The molecule has 0 nitrogen and oxygen atoms in total. The zero-order chi connectivity index (χ0) is 35.1. The second kappa shape index (κ2) is 13.1. The molecule has 0 fully saturated rings. The zero-order valence-electron chi connectivity index (χ0n) is 29.6. The largest absolute Gasteiger partial charge is 0.155 e. The molecule has 1 aliphatic rings. The Balaban J connectivity index is 1.57. The van der Waals surface area contributed by atoms with Gasteiger partial charge in [-0.2, -0.15) is 0 Å². The highest BCUT2D eigenvalue weighted by molar-refractivity contribution is 7.68. The lowest BCUT2D eigenvalue weighted by Gasteiger charge is -2.54. The van der Waals surface area contributed by atoms with Gasteiger partial charge in [-0.25, -0.2) is 0 Å². The van der Waals surface area contributed by atoms with E-state index in [1.807, 2.05) is 0 Å². The minimum atomic E-state index is -3.00. The third kappa shape index (κ3) is 4.79. The first-order valence-electron chi connectivity index (χ1n) is 18.3. The van der Waals surface area contributed by atoms with Crippen LogP contribution in [0.4, 0.5) is 0 Å². The van der Waals surface area contributed by atoms with Gasteiger partial charge >= 0.3 is 0 Å². The Kier molecular flexibility index (Phi) is 8.07. The predicted molar refractivity (Wildman–Crippen MR) is 227 cm³/mol. The van der Waals surface area contributed by atoms with E-state index < -0.39 is 15.2 Å².